The van der Waals surface area contributed by atoms with E-state index in [1.54, 1.807) is 13.1 Å². The summed E-state index contributed by atoms with van der Waals surface area (Å²) in [5.41, 5.74) is 1.01. The van der Waals surface area contributed by atoms with Crippen LogP contribution in [0.2, 0.25) is 0 Å². The van der Waals surface area contributed by atoms with Crippen molar-refractivity contribution in [3.63, 3.8) is 0 Å². The summed E-state index contributed by atoms with van der Waals surface area (Å²) in [6.45, 7) is 5.96. The van der Waals surface area contributed by atoms with Crippen molar-refractivity contribution >= 4 is 21.4 Å². The SMILES string of the molecule is CC(C)NCc1csc(S(=O)(=O)N(C)C2CCOC2)c1. The zero-order valence-corrected chi connectivity index (χ0v) is 13.8. The number of thiophene rings is 1. The van der Waals surface area contributed by atoms with Gasteiger partial charge in [-0.2, -0.15) is 4.31 Å². The molecule has 1 fully saturated rings. The Bertz CT molecular complexity index is 534. The van der Waals surface area contributed by atoms with Gasteiger partial charge in [-0.25, -0.2) is 8.42 Å². The van der Waals surface area contributed by atoms with Crippen LogP contribution in [0.4, 0.5) is 0 Å². The van der Waals surface area contributed by atoms with E-state index in [2.05, 4.69) is 19.2 Å². The predicted molar refractivity (Wildman–Crippen MR) is 80.5 cm³/mol. The Hall–Kier alpha value is -0.470. The molecule has 1 atom stereocenters. The normalized spacial score (nSPS) is 20.1. The van der Waals surface area contributed by atoms with Crippen LogP contribution in [0.1, 0.15) is 25.8 Å². The minimum atomic E-state index is -3.40. The largest absolute Gasteiger partial charge is 0.380 e. The molecule has 2 rings (SSSR count). The second-order valence-corrected chi connectivity index (χ2v) is 8.48. The Kier molecular flexibility index (Phi) is 5.19. The van der Waals surface area contributed by atoms with Crippen molar-refractivity contribution in [2.45, 2.75) is 43.1 Å². The van der Waals surface area contributed by atoms with E-state index in [0.717, 1.165) is 12.0 Å². The molecule has 7 heteroatoms. The fraction of sp³-hybridized carbons (Fsp3) is 0.692. The minimum absolute atomic E-state index is 0.0423. The van der Waals surface area contributed by atoms with Gasteiger partial charge in [0.2, 0.25) is 0 Å². The summed E-state index contributed by atoms with van der Waals surface area (Å²) in [6.07, 6.45) is 0.767. The monoisotopic (exact) mass is 318 g/mol. The molecule has 1 aromatic heterocycles. The topological polar surface area (TPSA) is 58.6 Å². The number of sulfonamides is 1. The molecular formula is C13H22N2O3S2. The van der Waals surface area contributed by atoms with Crippen LogP contribution in [0.5, 0.6) is 0 Å². The van der Waals surface area contributed by atoms with Gasteiger partial charge in [-0.1, -0.05) is 13.8 Å². The molecule has 1 aliphatic heterocycles. The molecule has 20 heavy (non-hydrogen) atoms. The number of ether oxygens (including phenoxy) is 1. The van der Waals surface area contributed by atoms with Gasteiger partial charge >= 0.3 is 0 Å². The molecule has 0 amide bonds. The van der Waals surface area contributed by atoms with Crippen LogP contribution in [0.25, 0.3) is 0 Å². The van der Waals surface area contributed by atoms with Crippen LogP contribution in [0, 0.1) is 0 Å². The van der Waals surface area contributed by atoms with E-state index in [-0.39, 0.29) is 6.04 Å². The number of rotatable bonds is 6. The van der Waals surface area contributed by atoms with Crippen molar-refractivity contribution in [2.24, 2.45) is 0 Å². The van der Waals surface area contributed by atoms with E-state index in [9.17, 15) is 8.42 Å². The molecule has 2 heterocycles. The van der Waals surface area contributed by atoms with Crippen molar-refractivity contribution in [1.82, 2.24) is 9.62 Å². The highest BCUT2D eigenvalue weighted by Gasteiger charge is 2.31. The van der Waals surface area contributed by atoms with Crippen LogP contribution in [-0.2, 0) is 21.3 Å². The smallest absolute Gasteiger partial charge is 0.252 e. The molecule has 0 radical (unpaired) electrons. The first kappa shape index (κ1) is 15.9. The Morgan fingerprint density at radius 2 is 2.30 bits per heavy atom. The summed E-state index contributed by atoms with van der Waals surface area (Å²) >= 11 is 1.28. The highest BCUT2D eigenvalue weighted by Crippen LogP contribution is 2.26. The summed E-state index contributed by atoms with van der Waals surface area (Å²) in [4.78, 5) is 0. The maximum atomic E-state index is 12.5. The standard InChI is InChI=1S/C13H22N2O3S2/c1-10(2)14-7-11-6-13(19-9-11)20(16,17)15(3)12-4-5-18-8-12/h6,9-10,12,14H,4-5,7-8H2,1-3H3. The summed E-state index contributed by atoms with van der Waals surface area (Å²) in [5, 5.41) is 5.19. The van der Waals surface area contributed by atoms with Gasteiger partial charge in [0.25, 0.3) is 10.0 Å². The van der Waals surface area contributed by atoms with E-state index < -0.39 is 10.0 Å². The number of nitrogens with one attached hydrogen (secondary N) is 1. The second-order valence-electron chi connectivity index (χ2n) is 5.35. The number of hydrogen-bond donors (Lipinski definition) is 1. The van der Waals surface area contributed by atoms with Crippen molar-refractivity contribution < 1.29 is 13.2 Å². The van der Waals surface area contributed by atoms with Crippen LogP contribution in [0.3, 0.4) is 0 Å². The zero-order valence-electron chi connectivity index (χ0n) is 12.1. The molecule has 0 saturated carbocycles. The van der Waals surface area contributed by atoms with Gasteiger partial charge in [0.05, 0.1) is 12.6 Å². The van der Waals surface area contributed by atoms with Crippen LogP contribution in [-0.4, -0.2) is 45.1 Å². The highest BCUT2D eigenvalue weighted by atomic mass is 32.2. The maximum Gasteiger partial charge on any atom is 0.252 e. The lowest BCUT2D eigenvalue weighted by Gasteiger charge is -2.21. The Morgan fingerprint density at radius 1 is 1.55 bits per heavy atom. The second kappa shape index (κ2) is 6.53. The van der Waals surface area contributed by atoms with Gasteiger partial charge in [-0.15, -0.1) is 11.3 Å². The summed E-state index contributed by atoms with van der Waals surface area (Å²) < 4.78 is 32.2. The first-order valence-electron chi connectivity index (χ1n) is 6.78. The number of likely N-dealkylation sites (N-methyl/N-ethyl adjacent to an activating group) is 1. The van der Waals surface area contributed by atoms with E-state index >= 15 is 0 Å². The zero-order chi connectivity index (χ0) is 14.8. The molecule has 114 valence electrons. The fourth-order valence-corrected chi connectivity index (χ4v) is 4.81. The summed E-state index contributed by atoms with van der Waals surface area (Å²) in [5.74, 6) is 0. The molecule has 1 saturated heterocycles. The third-order valence-electron chi connectivity index (χ3n) is 3.40. The summed E-state index contributed by atoms with van der Waals surface area (Å²) in [6, 6.07) is 2.11. The van der Waals surface area contributed by atoms with E-state index in [4.69, 9.17) is 4.74 Å². The van der Waals surface area contributed by atoms with Crippen molar-refractivity contribution in [1.29, 1.82) is 0 Å². The van der Waals surface area contributed by atoms with Crippen LogP contribution >= 0.6 is 11.3 Å². The highest BCUT2D eigenvalue weighted by molar-refractivity contribution is 7.91. The van der Waals surface area contributed by atoms with Gasteiger partial charge in [0.1, 0.15) is 4.21 Å². The van der Waals surface area contributed by atoms with Gasteiger partial charge < -0.3 is 10.1 Å². The average Bonchev–Trinajstić information content (AvgIpc) is 3.06. The van der Waals surface area contributed by atoms with Gasteiger partial charge in [-0.3, -0.25) is 0 Å². The third-order valence-corrected chi connectivity index (χ3v) is 6.77. The first-order valence-corrected chi connectivity index (χ1v) is 9.10. The van der Waals surface area contributed by atoms with Gasteiger partial charge in [-0.05, 0) is 23.4 Å². The Labute approximate surface area is 125 Å². The lowest BCUT2D eigenvalue weighted by atomic mass is 10.3. The van der Waals surface area contributed by atoms with E-state index in [1.165, 1.54) is 15.6 Å². The molecule has 0 bridgehead atoms. The van der Waals surface area contributed by atoms with Crippen molar-refractivity contribution in [2.75, 3.05) is 20.3 Å². The molecule has 1 N–H and O–H groups in total. The molecule has 5 nitrogen and oxygen atoms in total. The third kappa shape index (κ3) is 3.59. The van der Waals surface area contributed by atoms with Crippen LogP contribution in [0.15, 0.2) is 15.7 Å². The molecule has 1 unspecified atom stereocenters. The average molecular weight is 318 g/mol. The Morgan fingerprint density at radius 3 is 2.90 bits per heavy atom. The molecule has 0 aromatic carbocycles. The molecule has 1 aromatic rings. The predicted octanol–water partition coefficient (Wildman–Crippen LogP) is 1.66. The lowest BCUT2D eigenvalue weighted by molar-refractivity contribution is 0.181. The van der Waals surface area contributed by atoms with Crippen molar-refractivity contribution in [3.05, 3.63) is 17.0 Å². The molecule has 0 aliphatic carbocycles. The Balaban J connectivity index is 2.09. The summed E-state index contributed by atoms with van der Waals surface area (Å²) in [7, 11) is -1.76. The first-order chi connectivity index (χ1) is 9.41. The molecular weight excluding hydrogens is 296 g/mol. The van der Waals surface area contributed by atoms with Crippen molar-refractivity contribution in [3.8, 4) is 0 Å². The number of hydrogen-bond acceptors (Lipinski definition) is 5. The van der Waals surface area contributed by atoms with E-state index in [1.807, 2.05) is 5.38 Å². The number of nitrogens with zero attached hydrogens (tertiary/aromatic N) is 1. The fourth-order valence-electron chi connectivity index (χ4n) is 2.05. The molecule has 0 spiro atoms. The molecule has 1 aliphatic rings. The quantitative estimate of drug-likeness (QED) is 0.866. The van der Waals surface area contributed by atoms with Crippen LogP contribution < -0.4 is 5.32 Å². The maximum absolute atomic E-state index is 12.5. The lowest BCUT2D eigenvalue weighted by Crippen LogP contribution is -2.36. The van der Waals surface area contributed by atoms with Gasteiger partial charge in [0.15, 0.2) is 0 Å². The minimum Gasteiger partial charge on any atom is -0.380 e. The van der Waals surface area contributed by atoms with E-state index in [0.29, 0.717) is 30.0 Å². The van der Waals surface area contributed by atoms with Gasteiger partial charge in [0, 0.05) is 26.2 Å².